The maximum Gasteiger partial charge on any atom is 0.250 e. The third-order valence-electron chi connectivity index (χ3n) is 5.76. The van der Waals surface area contributed by atoms with E-state index in [2.05, 4.69) is 22.5 Å². The average Bonchev–Trinajstić information content (AvgIpc) is 2.49. The quantitative estimate of drug-likeness (QED) is 0.784. The molecule has 3 aliphatic rings. The standard InChI is InChI=1S/C17H24N2O/c1-2-12-7-8-15(20)19-11-13-5-3-9-18-10-4-6-14(16(13)18)17(12)19/h7-8,13-14,16H,2-6,9-11H2,1H3. The number of hydrogen-bond acceptors (Lipinski definition) is 2. The molecule has 0 radical (unpaired) electrons. The highest BCUT2D eigenvalue weighted by Gasteiger charge is 2.44. The van der Waals surface area contributed by atoms with Crippen LogP contribution in [-0.4, -0.2) is 28.6 Å². The van der Waals surface area contributed by atoms with Gasteiger partial charge in [-0.15, -0.1) is 0 Å². The Bertz CT molecular complexity index is 575. The summed E-state index contributed by atoms with van der Waals surface area (Å²) in [5.41, 5.74) is 3.01. The summed E-state index contributed by atoms with van der Waals surface area (Å²) < 4.78 is 2.12. The van der Waals surface area contributed by atoms with Crippen molar-refractivity contribution in [2.75, 3.05) is 13.1 Å². The van der Waals surface area contributed by atoms with Crippen LogP contribution >= 0.6 is 0 Å². The number of rotatable bonds is 1. The molecule has 20 heavy (non-hydrogen) atoms. The fourth-order valence-electron chi connectivity index (χ4n) is 5.00. The Balaban J connectivity index is 1.88. The minimum Gasteiger partial charge on any atom is -0.312 e. The van der Waals surface area contributed by atoms with Gasteiger partial charge in [0.05, 0.1) is 0 Å². The SMILES string of the molecule is CCc1ccc(=O)n2c1C1CCCN3CCCC(C2)C13. The summed E-state index contributed by atoms with van der Waals surface area (Å²) in [5.74, 6) is 1.30. The molecule has 3 aliphatic heterocycles. The maximum atomic E-state index is 12.3. The van der Waals surface area contributed by atoms with Crippen molar-refractivity contribution in [3.8, 4) is 0 Å². The van der Waals surface area contributed by atoms with E-state index in [0.717, 1.165) is 13.0 Å². The highest BCUT2D eigenvalue weighted by molar-refractivity contribution is 5.29. The minimum atomic E-state index is 0.221. The third kappa shape index (κ3) is 1.72. The molecule has 0 aromatic carbocycles. The first-order valence-electron chi connectivity index (χ1n) is 8.26. The number of piperidine rings is 2. The van der Waals surface area contributed by atoms with E-state index < -0.39 is 0 Å². The van der Waals surface area contributed by atoms with Gasteiger partial charge in [-0.3, -0.25) is 9.69 Å². The number of aryl methyl sites for hydroxylation is 1. The second kappa shape index (κ2) is 4.73. The van der Waals surface area contributed by atoms with Crippen LogP contribution in [0, 0.1) is 5.92 Å². The average molecular weight is 272 g/mol. The molecule has 3 unspecified atom stereocenters. The van der Waals surface area contributed by atoms with E-state index in [1.165, 1.54) is 50.0 Å². The van der Waals surface area contributed by atoms with Crippen molar-refractivity contribution in [1.29, 1.82) is 0 Å². The van der Waals surface area contributed by atoms with Gasteiger partial charge in [-0.2, -0.15) is 0 Å². The van der Waals surface area contributed by atoms with Crippen LogP contribution in [0.5, 0.6) is 0 Å². The van der Waals surface area contributed by atoms with Gasteiger partial charge in [-0.1, -0.05) is 13.0 Å². The van der Waals surface area contributed by atoms with Crippen molar-refractivity contribution in [3.05, 3.63) is 33.7 Å². The van der Waals surface area contributed by atoms with E-state index in [9.17, 15) is 4.79 Å². The van der Waals surface area contributed by atoms with Gasteiger partial charge in [0.15, 0.2) is 0 Å². The van der Waals surface area contributed by atoms with Gasteiger partial charge < -0.3 is 4.57 Å². The van der Waals surface area contributed by atoms with Gasteiger partial charge in [-0.25, -0.2) is 0 Å². The molecule has 4 rings (SSSR count). The molecule has 0 aliphatic carbocycles. The van der Waals surface area contributed by atoms with Crippen molar-refractivity contribution >= 4 is 0 Å². The lowest BCUT2D eigenvalue weighted by atomic mass is 9.71. The van der Waals surface area contributed by atoms with Crippen molar-refractivity contribution in [1.82, 2.24) is 9.47 Å². The minimum absolute atomic E-state index is 0.221. The van der Waals surface area contributed by atoms with Crippen molar-refractivity contribution in [2.24, 2.45) is 5.92 Å². The summed E-state index contributed by atoms with van der Waals surface area (Å²) in [7, 11) is 0. The Morgan fingerprint density at radius 2 is 2.00 bits per heavy atom. The smallest absolute Gasteiger partial charge is 0.250 e. The van der Waals surface area contributed by atoms with Crippen LogP contribution in [0.2, 0.25) is 0 Å². The molecule has 1 aromatic rings. The molecule has 3 heteroatoms. The molecule has 0 bridgehead atoms. The van der Waals surface area contributed by atoms with E-state index in [1.807, 2.05) is 0 Å². The molecule has 0 spiro atoms. The zero-order valence-electron chi connectivity index (χ0n) is 12.3. The van der Waals surface area contributed by atoms with Gasteiger partial charge in [0.2, 0.25) is 0 Å². The number of pyridine rings is 1. The Labute approximate surface area is 120 Å². The predicted octanol–water partition coefficient (Wildman–Crippen LogP) is 2.38. The molecule has 108 valence electrons. The van der Waals surface area contributed by atoms with Crippen LogP contribution in [0.1, 0.15) is 49.8 Å². The normalized spacial score (nSPS) is 32.5. The molecule has 0 N–H and O–H groups in total. The van der Waals surface area contributed by atoms with Crippen molar-refractivity contribution in [2.45, 2.75) is 57.5 Å². The Morgan fingerprint density at radius 3 is 2.80 bits per heavy atom. The zero-order chi connectivity index (χ0) is 13.7. The molecule has 4 heterocycles. The largest absolute Gasteiger partial charge is 0.312 e. The molecular formula is C17H24N2O. The van der Waals surface area contributed by atoms with Crippen LogP contribution in [-0.2, 0) is 13.0 Å². The lowest BCUT2D eigenvalue weighted by Gasteiger charge is -2.52. The highest BCUT2D eigenvalue weighted by atomic mass is 16.1. The van der Waals surface area contributed by atoms with Gasteiger partial charge in [0.1, 0.15) is 0 Å². The van der Waals surface area contributed by atoms with Gasteiger partial charge in [-0.05, 0) is 56.7 Å². The Hall–Kier alpha value is -1.09. The summed E-state index contributed by atoms with van der Waals surface area (Å²) >= 11 is 0. The Morgan fingerprint density at radius 1 is 1.20 bits per heavy atom. The fraction of sp³-hybridized carbons (Fsp3) is 0.706. The molecule has 0 saturated carbocycles. The molecule has 2 fully saturated rings. The molecule has 3 atom stereocenters. The first kappa shape index (κ1) is 12.6. The van der Waals surface area contributed by atoms with Gasteiger partial charge in [0, 0.05) is 30.3 Å². The fourth-order valence-corrected chi connectivity index (χ4v) is 5.00. The topological polar surface area (TPSA) is 25.2 Å². The van der Waals surface area contributed by atoms with Crippen LogP contribution in [0.3, 0.4) is 0 Å². The second-order valence-electron chi connectivity index (χ2n) is 6.72. The molecule has 3 nitrogen and oxygen atoms in total. The summed E-state index contributed by atoms with van der Waals surface area (Å²) in [5, 5.41) is 0. The van der Waals surface area contributed by atoms with Crippen molar-refractivity contribution < 1.29 is 0 Å². The number of nitrogens with zero attached hydrogens (tertiary/aromatic N) is 2. The lowest BCUT2D eigenvalue weighted by Crippen LogP contribution is -2.56. The van der Waals surface area contributed by atoms with Crippen LogP contribution in [0.25, 0.3) is 0 Å². The zero-order valence-corrected chi connectivity index (χ0v) is 12.3. The predicted molar refractivity (Wildman–Crippen MR) is 80.1 cm³/mol. The molecular weight excluding hydrogens is 248 g/mol. The van der Waals surface area contributed by atoms with Crippen molar-refractivity contribution in [3.63, 3.8) is 0 Å². The number of fused-ring (bicyclic) bond motifs is 2. The van der Waals surface area contributed by atoms with E-state index in [1.54, 1.807) is 6.07 Å². The maximum absolute atomic E-state index is 12.3. The Kier molecular flexibility index (Phi) is 2.99. The van der Waals surface area contributed by atoms with Crippen LogP contribution in [0.15, 0.2) is 16.9 Å². The van der Waals surface area contributed by atoms with E-state index in [-0.39, 0.29) is 5.56 Å². The number of hydrogen-bond donors (Lipinski definition) is 0. The first-order valence-corrected chi connectivity index (χ1v) is 8.26. The third-order valence-corrected chi connectivity index (χ3v) is 5.76. The summed E-state index contributed by atoms with van der Waals surface area (Å²) in [6.45, 7) is 5.72. The molecule has 2 saturated heterocycles. The second-order valence-corrected chi connectivity index (χ2v) is 6.72. The lowest BCUT2D eigenvalue weighted by molar-refractivity contribution is 0.0176. The molecule has 1 aromatic heterocycles. The van der Waals surface area contributed by atoms with E-state index in [0.29, 0.717) is 17.9 Å². The highest BCUT2D eigenvalue weighted by Crippen LogP contribution is 2.44. The van der Waals surface area contributed by atoms with Crippen LogP contribution in [0.4, 0.5) is 0 Å². The molecule has 0 amide bonds. The monoisotopic (exact) mass is 272 g/mol. The van der Waals surface area contributed by atoms with Crippen LogP contribution < -0.4 is 5.56 Å². The summed E-state index contributed by atoms with van der Waals surface area (Å²) in [6, 6.07) is 4.58. The number of aromatic nitrogens is 1. The first-order chi connectivity index (χ1) is 9.79. The summed E-state index contributed by atoms with van der Waals surface area (Å²) in [4.78, 5) is 15.0. The summed E-state index contributed by atoms with van der Waals surface area (Å²) in [6.07, 6.45) is 6.23. The van der Waals surface area contributed by atoms with Gasteiger partial charge >= 0.3 is 0 Å². The van der Waals surface area contributed by atoms with E-state index in [4.69, 9.17) is 0 Å². The van der Waals surface area contributed by atoms with E-state index >= 15 is 0 Å². The van der Waals surface area contributed by atoms with Gasteiger partial charge in [0.25, 0.3) is 5.56 Å².